The Hall–Kier alpha value is -0.850. The van der Waals surface area contributed by atoms with Gasteiger partial charge < -0.3 is 0 Å². The topological polar surface area (TPSA) is 17.1 Å². The Kier molecular flexibility index (Phi) is 5.99. The number of fused-ring (bicyclic) bond motifs is 5. The Morgan fingerprint density at radius 3 is 2.39 bits per heavy atom. The summed E-state index contributed by atoms with van der Waals surface area (Å²) in [7, 11) is 0. The van der Waals surface area contributed by atoms with Crippen LogP contribution in [-0.4, -0.2) is 5.78 Å². The zero-order valence-corrected chi connectivity index (χ0v) is 23.4. The molecule has 0 bridgehead atoms. The highest BCUT2D eigenvalue weighted by molar-refractivity contribution is 5.85. The Morgan fingerprint density at radius 2 is 1.76 bits per heavy atom. The number of hydrogen-bond donors (Lipinski definition) is 0. The smallest absolute Gasteiger partial charge is 0.138 e. The van der Waals surface area contributed by atoms with Crippen LogP contribution in [0.3, 0.4) is 0 Å². The van der Waals surface area contributed by atoms with Gasteiger partial charge in [-0.3, -0.25) is 4.79 Å². The van der Waals surface area contributed by atoms with Gasteiger partial charge >= 0.3 is 0 Å². The molecule has 4 aliphatic rings. The molecule has 186 valence electrons. The Labute approximate surface area is 205 Å². The molecule has 1 heteroatoms. The highest BCUT2D eigenvalue weighted by Gasteiger charge is 2.65. The first-order valence-electron chi connectivity index (χ1n) is 14.0. The summed E-state index contributed by atoms with van der Waals surface area (Å²) in [6.45, 7) is 26.1. The average Bonchev–Trinajstić information content (AvgIpc) is 3.01. The molecule has 4 rings (SSSR count). The van der Waals surface area contributed by atoms with Gasteiger partial charge in [0.25, 0.3) is 0 Å². The molecule has 0 amide bonds. The first-order valence-corrected chi connectivity index (χ1v) is 14.0. The molecule has 0 radical (unpaired) electrons. The van der Waals surface area contributed by atoms with Gasteiger partial charge in [-0.1, -0.05) is 79.2 Å². The molecule has 0 aromatic heterocycles. The van der Waals surface area contributed by atoms with Crippen LogP contribution in [0.15, 0.2) is 23.8 Å². The van der Waals surface area contributed by atoms with E-state index in [9.17, 15) is 4.79 Å². The number of carbonyl (C=O) groups excluding carboxylic acids is 1. The molecule has 3 fully saturated rings. The van der Waals surface area contributed by atoms with Crippen molar-refractivity contribution in [1.82, 2.24) is 0 Å². The fraction of sp³-hybridized carbons (Fsp3) is 0.844. The van der Waals surface area contributed by atoms with Gasteiger partial charge in [-0.2, -0.15) is 0 Å². The first-order chi connectivity index (χ1) is 15.1. The van der Waals surface area contributed by atoms with E-state index >= 15 is 0 Å². The summed E-state index contributed by atoms with van der Waals surface area (Å²) in [4.78, 5) is 12.8. The highest BCUT2D eigenvalue weighted by Crippen LogP contribution is 2.73. The number of Topliss-reactive ketones (excluding diaryl/α,β-unsaturated/α-hetero) is 1. The summed E-state index contributed by atoms with van der Waals surface area (Å²) in [5.74, 6) is 3.32. The summed E-state index contributed by atoms with van der Waals surface area (Å²) < 4.78 is 0. The van der Waals surface area contributed by atoms with Gasteiger partial charge in [-0.05, 0) is 104 Å². The second kappa shape index (κ2) is 7.83. The summed E-state index contributed by atoms with van der Waals surface area (Å²) in [5, 5.41) is 0. The van der Waals surface area contributed by atoms with Crippen molar-refractivity contribution in [3.05, 3.63) is 23.8 Å². The van der Waals surface area contributed by atoms with E-state index in [4.69, 9.17) is 0 Å². The van der Waals surface area contributed by atoms with Gasteiger partial charge in [0.2, 0.25) is 0 Å². The molecule has 0 aromatic rings. The lowest BCUT2D eigenvalue weighted by atomic mass is 9.41. The zero-order valence-electron chi connectivity index (χ0n) is 23.4. The van der Waals surface area contributed by atoms with E-state index in [1.54, 1.807) is 5.57 Å². The predicted molar refractivity (Wildman–Crippen MR) is 141 cm³/mol. The van der Waals surface area contributed by atoms with E-state index in [-0.39, 0.29) is 16.2 Å². The third-order valence-electron chi connectivity index (χ3n) is 12.7. The molecule has 33 heavy (non-hydrogen) atoms. The van der Waals surface area contributed by atoms with Gasteiger partial charge in [0.1, 0.15) is 5.78 Å². The van der Waals surface area contributed by atoms with Crippen LogP contribution in [0.1, 0.15) is 120 Å². The van der Waals surface area contributed by atoms with Crippen LogP contribution in [0.5, 0.6) is 0 Å². The number of ketones is 1. The molecular weight excluding hydrogens is 400 g/mol. The van der Waals surface area contributed by atoms with Gasteiger partial charge in [-0.15, -0.1) is 0 Å². The summed E-state index contributed by atoms with van der Waals surface area (Å²) in [5.41, 5.74) is 4.19. The van der Waals surface area contributed by atoms with E-state index in [0.717, 1.165) is 24.7 Å². The van der Waals surface area contributed by atoms with Crippen molar-refractivity contribution >= 4 is 5.78 Å². The third-order valence-corrected chi connectivity index (χ3v) is 12.7. The van der Waals surface area contributed by atoms with Crippen LogP contribution in [0.2, 0.25) is 0 Å². The van der Waals surface area contributed by atoms with Crippen LogP contribution in [0.4, 0.5) is 0 Å². The maximum absolute atomic E-state index is 12.8. The Morgan fingerprint density at radius 1 is 1.09 bits per heavy atom. The average molecular weight is 453 g/mol. The molecule has 3 saturated carbocycles. The molecule has 2 unspecified atom stereocenters. The molecule has 7 atom stereocenters. The molecule has 0 saturated heterocycles. The van der Waals surface area contributed by atoms with Crippen molar-refractivity contribution in [1.29, 1.82) is 0 Å². The lowest BCUT2D eigenvalue weighted by Crippen LogP contribution is -2.56. The number of rotatable bonds is 5. The zero-order chi connectivity index (χ0) is 24.6. The van der Waals surface area contributed by atoms with Gasteiger partial charge in [0, 0.05) is 11.8 Å². The molecule has 0 N–H and O–H groups in total. The molecule has 4 aliphatic carbocycles. The third kappa shape index (κ3) is 3.48. The molecule has 0 spiro atoms. The van der Waals surface area contributed by atoms with Crippen molar-refractivity contribution in [2.24, 2.45) is 50.7 Å². The lowest BCUT2D eigenvalue weighted by molar-refractivity contribution is -0.142. The minimum absolute atomic E-state index is 0.163. The fourth-order valence-corrected chi connectivity index (χ4v) is 9.49. The maximum atomic E-state index is 12.8. The second-order valence-electron chi connectivity index (χ2n) is 14.8. The minimum Gasteiger partial charge on any atom is -0.299 e. The van der Waals surface area contributed by atoms with Gasteiger partial charge in [-0.25, -0.2) is 0 Å². The van der Waals surface area contributed by atoms with E-state index in [1.165, 1.54) is 50.5 Å². The maximum Gasteiger partial charge on any atom is 0.138 e. The SMILES string of the molecule is C=C(C)C(C)(C)CC[C@@H](C)C1CC[C@@]2(C)C3CC[C@@H]4C(C)(C)C(=O)CC[C@]4(C)C3=CC[C@]12C. The predicted octanol–water partition coefficient (Wildman–Crippen LogP) is 9.18. The van der Waals surface area contributed by atoms with Crippen LogP contribution < -0.4 is 0 Å². The van der Waals surface area contributed by atoms with Crippen molar-refractivity contribution in [3.63, 3.8) is 0 Å². The standard InChI is InChI=1S/C32H52O/c1-21(2)28(4,5)17-13-22(3)23-14-19-32(10)25-11-12-26-29(6,7)27(33)16-18-30(26,8)24(25)15-20-31(23,32)9/h15,22-23,25-26H,1,11-14,16-20H2,2-10H3/t22-,23?,25?,26-,30-,31-,32+/m1/s1. The van der Waals surface area contributed by atoms with Crippen molar-refractivity contribution in [3.8, 4) is 0 Å². The molecule has 0 aliphatic heterocycles. The second-order valence-corrected chi connectivity index (χ2v) is 14.8. The normalized spacial score (nSPS) is 43.2. The van der Waals surface area contributed by atoms with Crippen LogP contribution in [0, 0.1) is 50.7 Å². The van der Waals surface area contributed by atoms with Gasteiger partial charge in [0.15, 0.2) is 0 Å². The van der Waals surface area contributed by atoms with Crippen molar-refractivity contribution < 1.29 is 4.79 Å². The van der Waals surface area contributed by atoms with E-state index in [1.807, 2.05) is 0 Å². The van der Waals surface area contributed by atoms with Crippen LogP contribution >= 0.6 is 0 Å². The summed E-state index contributed by atoms with van der Waals surface area (Å²) >= 11 is 0. The van der Waals surface area contributed by atoms with Crippen molar-refractivity contribution in [2.45, 2.75) is 120 Å². The molecular formula is C32H52O. The quantitative estimate of drug-likeness (QED) is 0.380. The Bertz CT molecular complexity index is 858. The van der Waals surface area contributed by atoms with Crippen molar-refractivity contribution in [2.75, 3.05) is 0 Å². The number of carbonyl (C=O) groups is 1. The highest BCUT2D eigenvalue weighted by atomic mass is 16.1. The Balaban J connectivity index is 1.61. The fourth-order valence-electron chi connectivity index (χ4n) is 9.49. The van der Waals surface area contributed by atoms with Crippen LogP contribution in [0.25, 0.3) is 0 Å². The van der Waals surface area contributed by atoms with Crippen LogP contribution in [-0.2, 0) is 4.79 Å². The monoisotopic (exact) mass is 452 g/mol. The largest absolute Gasteiger partial charge is 0.299 e. The summed E-state index contributed by atoms with van der Waals surface area (Å²) in [6.07, 6.45) is 13.7. The van der Waals surface area contributed by atoms with E-state index < -0.39 is 0 Å². The van der Waals surface area contributed by atoms with E-state index in [2.05, 4.69) is 75.0 Å². The van der Waals surface area contributed by atoms with Gasteiger partial charge in [0.05, 0.1) is 0 Å². The molecule has 0 aromatic carbocycles. The number of hydrogen-bond acceptors (Lipinski definition) is 1. The molecule has 0 heterocycles. The summed E-state index contributed by atoms with van der Waals surface area (Å²) in [6, 6.07) is 0. The first kappa shape index (κ1) is 25.2. The minimum atomic E-state index is -0.163. The van der Waals surface area contributed by atoms with E-state index in [0.29, 0.717) is 28.4 Å². The number of allylic oxidation sites excluding steroid dienone is 3. The molecule has 1 nitrogen and oxygen atoms in total. The lowest BCUT2D eigenvalue weighted by Gasteiger charge is -2.63.